The van der Waals surface area contributed by atoms with Gasteiger partial charge < -0.3 is 10.0 Å². The van der Waals surface area contributed by atoms with E-state index in [1.165, 1.54) is 11.3 Å². The van der Waals surface area contributed by atoms with Gasteiger partial charge in [0.05, 0.1) is 12.1 Å². The van der Waals surface area contributed by atoms with Crippen molar-refractivity contribution in [1.82, 2.24) is 4.98 Å². The molecule has 5 heteroatoms. The van der Waals surface area contributed by atoms with Gasteiger partial charge in [-0.2, -0.15) is 0 Å². The number of aliphatic hydroxyl groups excluding tert-OH is 1. The number of halogens is 1. The van der Waals surface area contributed by atoms with Crippen LogP contribution in [0.25, 0.3) is 0 Å². The average Bonchev–Trinajstić information content (AvgIpc) is 2.50. The van der Waals surface area contributed by atoms with Gasteiger partial charge in [0.1, 0.15) is 5.15 Å². The van der Waals surface area contributed by atoms with Gasteiger partial charge in [-0.05, 0) is 13.8 Å². The highest BCUT2D eigenvalue weighted by Gasteiger charge is 2.24. The highest BCUT2D eigenvalue weighted by atomic mass is 35.5. The average molecular weight is 221 g/mol. The molecule has 0 unspecified atom stereocenters. The van der Waals surface area contributed by atoms with E-state index in [0.717, 1.165) is 5.13 Å². The summed E-state index contributed by atoms with van der Waals surface area (Å²) in [5, 5.41) is 12.2. The number of hydrogen-bond donors (Lipinski definition) is 1. The Bertz CT molecular complexity index is 287. The molecule has 1 aromatic rings. The van der Waals surface area contributed by atoms with Crippen LogP contribution in [0.1, 0.15) is 13.8 Å². The summed E-state index contributed by atoms with van der Waals surface area (Å²) in [5.41, 5.74) is -0.304. The third-order valence-corrected chi connectivity index (χ3v) is 3.29. The van der Waals surface area contributed by atoms with Gasteiger partial charge in [0.15, 0.2) is 5.13 Å². The molecular formula is C8H13ClN2OS. The quantitative estimate of drug-likeness (QED) is 0.847. The molecule has 1 rings (SSSR count). The van der Waals surface area contributed by atoms with Crippen LogP contribution in [0.15, 0.2) is 5.38 Å². The number of thiazole rings is 1. The molecular weight excluding hydrogens is 208 g/mol. The van der Waals surface area contributed by atoms with Crippen LogP contribution in [0, 0.1) is 0 Å². The molecule has 0 aromatic carbocycles. The van der Waals surface area contributed by atoms with Crippen LogP contribution in [-0.4, -0.2) is 29.3 Å². The van der Waals surface area contributed by atoms with Gasteiger partial charge in [-0.3, -0.25) is 0 Å². The van der Waals surface area contributed by atoms with Crippen LogP contribution in [0.3, 0.4) is 0 Å². The molecule has 0 aliphatic carbocycles. The lowest BCUT2D eigenvalue weighted by atomic mass is 10.1. The van der Waals surface area contributed by atoms with E-state index in [2.05, 4.69) is 4.98 Å². The summed E-state index contributed by atoms with van der Waals surface area (Å²) >= 11 is 7.18. The Morgan fingerprint density at radius 2 is 2.31 bits per heavy atom. The van der Waals surface area contributed by atoms with E-state index in [1.54, 1.807) is 5.38 Å². The smallest absolute Gasteiger partial charge is 0.187 e. The Morgan fingerprint density at radius 3 is 2.69 bits per heavy atom. The zero-order valence-corrected chi connectivity index (χ0v) is 9.48. The molecule has 74 valence electrons. The zero-order chi connectivity index (χ0) is 10.1. The van der Waals surface area contributed by atoms with Crippen LogP contribution in [0.5, 0.6) is 0 Å². The van der Waals surface area contributed by atoms with Gasteiger partial charge in [-0.25, -0.2) is 4.98 Å². The molecule has 13 heavy (non-hydrogen) atoms. The molecule has 0 aliphatic rings. The van der Waals surface area contributed by atoms with E-state index < -0.39 is 0 Å². The molecule has 0 bridgehead atoms. The van der Waals surface area contributed by atoms with E-state index in [4.69, 9.17) is 16.7 Å². The topological polar surface area (TPSA) is 36.4 Å². The van der Waals surface area contributed by atoms with Crippen LogP contribution in [0.4, 0.5) is 5.13 Å². The number of hydrogen-bond acceptors (Lipinski definition) is 4. The lowest BCUT2D eigenvalue weighted by molar-refractivity contribution is 0.216. The molecule has 0 spiro atoms. The first-order valence-electron chi connectivity index (χ1n) is 3.93. The number of likely N-dealkylation sites (N-methyl/N-ethyl adjacent to an activating group) is 1. The highest BCUT2D eigenvalue weighted by Crippen LogP contribution is 2.27. The van der Waals surface area contributed by atoms with Gasteiger partial charge >= 0.3 is 0 Å². The summed E-state index contributed by atoms with van der Waals surface area (Å²) in [4.78, 5) is 6.04. The third kappa shape index (κ3) is 2.33. The molecule has 1 heterocycles. The Balaban J connectivity index is 2.84. The predicted octanol–water partition coefficient (Wildman–Crippen LogP) is 2.00. The van der Waals surface area contributed by atoms with Crippen molar-refractivity contribution in [1.29, 1.82) is 0 Å². The van der Waals surface area contributed by atoms with Crippen LogP contribution < -0.4 is 4.90 Å². The molecule has 0 saturated carbocycles. The normalized spacial score (nSPS) is 11.8. The van der Waals surface area contributed by atoms with Gasteiger partial charge in [-0.15, -0.1) is 11.3 Å². The van der Waals surface area contributed by atoms with Gasteiger partial charge in [0.2, 0.25) is 0 Å². The van der Waals surface area contributed by atoms with Gasteiger partial charge in [0.25, 0.3) is 0 Å². The van der Waals surface area contributed by atoms with Gasteiger partial charge in [0, 0.05) is 12.4 Å². The maximum atomic E-state index is 9.13. The minimum absolute atomic E-state index is 0.0840. The van der Waals surface area contributed by atoms with Gasteiger partial charge in [-0.1, -0.05) is 11.6 Å². The predicted molar refractivity (Wildman–Crippen MR) is 56.7 cm³/mol. The van der Waals surface area contributed by atoms with E-state index in [1.807, 2.05) is 25.8 Å². The molecule has 0 aliphatic heterocycles. The Kier molecular flexibility index (Phi) is 3.16. The van der Waals surface area contributed by atoms with Crippen molar-refractivity contribution in [2.45, 2.75) is 19.4 Å². The summed E-state index contributed by atoms with van der Waals surface area (Å²) in [7, 11) is 1.89. The summed E-state index contributed by atoms with van der Waals surface area (Å²) in [6.07, 6.45) is 0. The van der Waals surface area contributed by atoms with Crippen LogP contribution in [0.2, 0.25) is 5.15 Å². The largest absolute Gasteiger partial charge is 0.394 e. The summed E-state index contributed by atoms with van der Waals surface area (Å²) in [6, 6.07) is 0. The summed E-state index contributed by atoms with van der Waals surface area (Å²) in [5.74, 6) is 0. The minimum atomic E-state index is -0.304. The minimum Gasteiger partial charge on any atom is -0.394 e. The van der Waals surface area contributed by atoms with Crippen molar-refractivity contribution in [3.05, 3.63) is 10.5 Å². The second-order valence-electron chi connectivity index (χ2n) is 3.48. The van der Waals surface area contributed by atoms with E-state index >= 15 is 0 Å². The molecule has 0 fully saturated rings. The molecule has 0 radical (unpaired) electrons. The molecule has 0 saturated heterocycles. The lowest BCUT2D eigenvalue weighted by Gasteiger charge is -2.33. The van der Waals surface area contributed by atoms with Crippen LogP contribution in [-0.2, 0) is 0 Å². The molecule has 1 aromatic heterocycles. The number of aromatic nitrogens is 1. The fourth-order valence-corrected chi connectivity index (χ4v) is 1.84. The van der Waals surface area contributed by atoms with Crippen molar-refractivity contribution in [3.63, 3.8) is 0 Å². The standard InChI is InChI=1S/C8H13ClN2OS/c1-8(2,5-12)11(3)7-10-6(9)4-13-7/h4,12H,5H2,1-3H3. The fourth-order valence-electron chi connectivity index (χ4n) is 0.764. The number of rotatable bonds is 3. The zero-order valence-electron chi connectivity index (χ0n) is 7.91. The maximum Gasteiger partial charge on any atom is 0.187 e. The maximum absolute atomic E-state index is 9.13. The fraction of sp³-hybridized carbons (Fsp3) is 0.625. The SMILES string of the molecule is CN(c1nc(Cl)cs1)C(C)(C)CO. The second-order valence-corrected chi connectivity index (χ2v) is 4.71. The molecule has 0 atom stereocenters. The summed E-state index contributed by atoms with van der Waals surface area (Å²) in [6.45, 7) is 3.98. The van der Waals surface area contributed by atoms with Crippen molar-refractivity contribution >= 4 is 28.1 Å². The monoisotopic (exact) mass is 220 g/mol. The Hall–Kier alpha value is -0.320. The second kappa shape index (κ2) is 3.82. The first-order chi connectivity index (χ1) is 5.97. The van der Waals surface area contributed by atoms with Crippen molar-refractivity contribution in [2.24, 2.45) is 0 Å². The first kappa shape index (κ1) is 10.8. The molecule has 3 nitrogen and oxygen atoms in total. The lowest BCUT2D eigenvalue weighted by Crippen LogP contribution is -2.44. The van der Waals surface area contributed by atoms with E-state index in [-0.39, 0.29) is 12.1 Å². The van der Waals surface area contributed by atoms with E-state index in [9.17, 15) is 0 Å². The Labute approximate surface area is 87.0 Å². The number of nitrogens with zero attached hydrogens (tertiary/aromatic N) is 2. The Morgan fingerprint density at radius 1 is 1.69 bits per heavy atom. The summed E-state index contributed by atoms with van der Waals surface area (Å²) < 4.78 is 0. The number of aliphatic hydroxyl groups is 1. The van der Waals surface area contributed by atoms with Crippen molar-refractivity contribution in [2.75, 3.05) is 18.6 Å². The number of anilines is 1. The van der Waals surface area contributed by atoms with Crippen molar-refractivity contribution < 1.29 is 5.11 Å². The molecule has 1 N–H and O–H groups in total. The van der Waals surface area contributed by atoms with E-state index in [0.29, 0.717) is 5.15 Å². The van der Waals surface area contributed by atoms with Crippen molar-refractivity contribution in [3.8, 4) is 0 Å². The molecule has 0 amide bonds. The third-order valence-electron chi connectivity index (χ3n) is 2.05. The first-order valence-corrected chi connectivity index (χ1v) is 5.19. The van der Waals surface area contributed by atoms with Crippen LogP contribution >= 0.6 is 22.9 Å². The highest BCUT2D eigenvalue weighted by molar-refractivity contribution is 7.14.